The van der Waals surface area contributed by atoms with Crippen molar-refractivity contribution in [1.29, 1.82) is 0 Å². The summed E-state index contributed by atoms with van der Waals surface area (Å²) >= 11 is 0. The van der Waals surface area contributed by atoms with E-state index in [4.69, 9.17) is 9.47 Å². The molecule has 2 heterocycles. The number of para-hydroxylation sites is 2. The monoisotopic (exact) mass is 362 g/mol. The zero-order valence-corrected chi connectivity index (χ0v) is 15.0. The van der Waals surface area contributed by atoms with Crippen LogP contribution in [0.15, 0.2) is 54.6 Å². The van der Waals surface area contributed by atoms with Gasteiger partial charge in [0.05, 0.1) is 25.3 Å². The first-order valence-corrected chi connectivity index (χ1v) is 8.38. The second-order valence-corrected chi connectivity index (χ2v) is 5.73. The highest BCUT2D eigenvalue weighted by Gasteiger charge is 2.18. The second-order valence-electron chi connectivity index (χ2n) is 5.73. The predicted molar refractivity (Wildman–Crippen MR) is 101 cm³/mol. The van der Waals surface area contributed by atoms with Crippen LogP contribution in [0.4, 0.5) is 5.82 Å². The fourth-order valence-electron chi connectivity index (χ4n) is 2.77. The molecule has 0 unspecified atom stereocenters. The molecule has 4 rings (SSSR count). The Morgan fingerprint density at radius 2 is 1.67 bits per heavy atom. The first-order valence-electron chi connectivity index (χ1n) is 8.38. The number of ether oxygens (including phenoxy) is 2. The van der Waals surface area contributed by atoms with Crippen molar-refractivity contribution in [1.82, 2.24) is 24.7 Å². The van der Waals surface area contributed by atoms with Crippen molar-refractivity contribution in [2.24, 2.45) is 0 Å². The van der Waals surface area contributed by atoms with Gasteiger partial charge in [0.15, 0.2) is 5.82 Å². The lowest BCUT2D eigenvalue weighted by atomic mass is 10.2. The van der Waals surface area contributed by atoms with Gasteiger partial charge in [0, 0.05) is 6.54 Å². The Balaban J connectivity index is 1.74. The average molecular weight is 362 g/mol. The van der Waals surface area contributed by atoms with Gasteiger partial charge in [-0.1, -0.05) is 42.5 Å². The van der Waals surface area contributed by atoms with Crippen molar-refractivity contribution in [3.63, 3.8) is 0 Å². The van der Waals surface area contributed by atoms with Crippen LogP contribution < -0.4 is 14.8 Å². The van der Waals surface area contributed by atoms with Crippen molar-refractivity contribution in [3.05, 3.63) is 60.2 Å². The summed E-state index contributed by atoms with van der Waals surface area (Å²) in [7, 11) is 3.09. The van der Waals surface area contributed by atoms with Crippen molar-refractivity contribution >= 4 is 16.9 Å². The van der Waals surface area contributed by atoms with Crippen LogP contribution in [0.25, 0.3) is 17.0 Å². The van der Waals surface area contributed by atoms with Crippen LogP contribution in [0.1, 0.15) is 5.56 Å². The number of nitrogens with zero attached hydrogens (tertiary/aromatic N) is 5. The Morgan fingerprint density at radius 3 is 2.44 bits per heavy atom. The molecule has 2 aromatic heterocycles. The lowest BCUT2D eigenvalue weighted by Gasteiger charge is -2.11. The SMILES string of the molecule is COc1nnc(-n2c(OC)nc3ccccc32)nc1NCc1ccccc1. The fourth-order valence-corrected chi connectivity index (χ4v) is 2.77. The molecule has 0 aliphatic rings. The zero-order valence-electron chi connectivity index (χ0n) is 15.0. The van der Waals surface area contributed by atoms with Gasteiger partial charge < -0.3 is 14.8 Å². The van der Waals surface area contributed by atoms with Gasteiger partial charge in [0.2, 0.25) is 0 Å². The van der Waals surface area contributed by atoms with Crippen LogP contribution in [0.2, 0.25) is 0 Å². The standard InChI is InChI=1S/C19H18N6O2/c1-26-17-16(20-12-13-8-4-3-5-9-13)22-18(24-23-17)25-15-11-7-6-10-14(15)21-19(25)27-2/h3-11H,12H2,1-2H3,(H,20,22,24). The largest absolute Gasteiger partial charge is 0.477 e. The van der Waals surface area contributed by atoms with Gasteiger partial charge in [0.25, 0.3) is 11.8 Å². The highest BCUT2D eigenvalue weighted by atomic mass is 16.5. The molecule has 136 valence electrons. The minimum absolute atomic E-state index is 0.318. The lowest BCUT2D eigenvalue weighted by Crippen LogP contribution is -2.11. The molecular weight excluding hydrogens is 344 g/mol. The maximum Gasteiger partial charge on any atom is 0.304 e. The Morgan fingerprint density at radius 1 is 0.889 bits per heavy atom. The van der Waals surface area contributed by atoms with E-state index in [0.717, 1.165) is 16.6 Å². The molecule has 27 heavy (non-hydrogen) atoms. The molecule has 4 aromatic rings. The van der Waals surface area contributed by atoms with E-state index in [-0.39, 0.29) is 0 Å². The molecule has 8 heteroatoms. The Bertz CT molecular complexity index is 1060. The smallest absolute Gasteiger partial charge is 0.304 e. The third kappa shape index (κ3) is 3.24. The summed E-state index contributed by atoms with van der Waals surface area (Å²) in [5.74, 6) is 1.15. The molecule has 1 N–H and O–H groups in total. The van der Waals surface area contributed by atoms with Crippen LogP contribution in [0.3, 0.4) is 0 Å². The number of nitrogens with one attached hydrogen (secondary N) is 1. The average Bonchev–Trinajstić information content (AvgIpc) is 3.11. The minimum Gasteiger partial charge on any atom is -0.477 e. The number of rotatable bonds is 6. The first-order chi connectivity index (χ1) is 13.3. The van der Waals surface area contributed by atoms with Crippen molar-refractivity contribution < 1.29 is 9.47 Å². The summed E-state index contributed by atoms with van der Waals surface area (Å²) in [5, 5.41) is 11.6. The summed E-state index contributed by atoms with van der Waals surface area (Å²) in [6.45, 7) is 0.581. The third-order valence-electron chi connectivity index (χ3n) is 4.05. The number of hydrogen-bond acceptors (Lipinski definition) is 7. The maximum atomic E-state index is 5.40. The molecule has 0 amide bonds. The van der Waals surface area contributed by atoms with E-state index in [1.807, 2.05) is 54.6 Å². The molecule has 0 saturated carbocycles. The minimum atomic E-state index is 0.318. The van der Waals surface area contributed by atoms with E-state index in [9.17, 15) is 0 Å². The van der Waals surface area contributed by atoms with Crippen LogP contribution in [0.5, 0.6) is 11.9 Å². The number of anilines is 1. The fraction of sp³-hybridized carbons (Fsp3) is 0.158. The summed E-state index contributed by atoms with van der Waals surface area (Å²) in [6, 6.07) is 18.1. The van der Waals surface area contributed by atoms with E-state index < -0.39 is 0 Å². The number of aromatic nitrogens is 5. The molecule has 8 nitrogen and oxygen atoms in total. The van der Waals surface area contributed by atoms with Crippen LogP contribution >= 0.6 is 0 Å². The number of hydrogen-bond donors (Lipinski definition) is 1. The van der Waals surface area contributed by atoms with E-state index in [1.54, 1.807) is 11.7 Å². The molecule has 0 aliphatic carbocycles. The van der Waals surface area contributed by atoms with Gasteiger partial charge in [-0.3, -0.25) is 0 Å². The Hall–Kier alpha value is -3.68. The van der Waals surface area contributed by atoms with Gasteiger partial charge >= 0.3 is 6.01 Å². The number of fused-ring (bicyclic) bond motifs is 1. The molecule has 0 atom stereocenters. The highest BCUT2D eigenvalue weighted by molar-refractivity contribution is 5.78. The topological polar surface area (TPSA) is 87.0 Å². The molecule has 0 bridgehead atoms. The van der Waals surface area contributed by atoms with Gasteiger partial charge in [-0.15, -0.1) is 10.2 Å². The normalized spacial score (nSPS) is 10.7. The van der Waals surface area contributed by atoms with Gasteiger partial charge in [-0.25, -0.2) is 4.57 Å². The highest BCUT2D eigenvalue weighted by Crippen LogP contribution is 2.26. The molecule has 0 saturated heterocycles. The van der Waals surface area contributed by atoms with Gasteiger partial charge in [-0.2, -0.15) is 9.97 Å². The van der Waals surface area contributed by atoms with E-state index in [1.165, 1.54) is 7.11 Å². The second kappa shape index (κ2) is 7.28. The van der Waals surface area contributed by atoms with Crippen LogP contribution in [-0.4, -0.2) is 39.0 Å². The number of methoxy groups -OCH3 is 2. The molecular formula is C19H18N6O2. The summed E-state index contributed by atoms with van der Waals surface area (Å²) < 4.78 is 12.4. The molecule has 2 aromatic carbocycles. The van der Waals surface area contributed by atoms with Gasteiger partial charge in [0.1, 0.15) is 0 Å². The summed E-state index contributed by atoms with van der Waals surface area (Å²) in [4.78, 5) is 9.05. The summed E-state index contributed by atoms with van der Waals surface area (Å²) in [5.41, 5.74) is 2.73. The van der Waals surface area contributed by atoms with E-state index in [0.29, 0.717) is 30.2 Å². The van der Waals surface area contributed by atoms with Crippen molar-refractivity contribution in [2.45, 2.75) is 6.54 Å². The predicted octanol–water partition coefficient (Wildman–Crippen LogP) is 2.84. The number of benzene rings is 2. The van der Waals surface area contributed by atoms with Crippen LogP contribution in [-0.2, 0) is 6.54 Å². The molecule has 0 radical (unpaired) electrons. The van der Waals surface area contributed by atoms with Crippen LogP contribution in [0, 0.1) is 0 Å². The van der Waals surface area contributed by atoms with Crippen molar-refractivity contribution in [3.8, 4) is 17.8 Å². The first kappa shape index (κ1) is 16.8. The number of imidazole rings is 1. The lowest BCUT2D eigenvalue weighted by molar-refractivity contribution is 0.371. The Labute approximate surface area is 155 Å². The van der Waals surface area contributed by atoms with E-state index in [2.05, 4.69) is 25.5 Å². The maximum absolute atomic E-state index is 5.40. The zero-order chi connectivity index (χ0) is 18.6. The van der Waals surface area contributed by atoms with Gasteiger partial charge in [-0.05, 0) is 17.7 Å². The van der Waals surface area contributed by atoms with Crippen molar-refractivity contribution in [2.75, 3.05) is 19.5 Å². The third-order valence-corrected chi connectivity index (χ3v) is 4.05. The van der Waals surface area contributed by atoms with E-state index >= 15 is 0 Å². The quantitative estimate of drug-likeness (QED) is 0.564. The molecule has 0 aliphatic heterocycles. The molecule has 0 spiro atoms. The Kier molecular flexibility index (Phi) is 4.52. The molecule has 0 fully saturated rings. The summed E-state index contributed by atoms with van der Waals surface area (Å²) in [6.07, 6.45) is 0.